The van der Waals surface area contributed by atoms with Gasteiger partial charge in [0.15, 0.2) is 11.9 Å². The molecule has 15 atom stereocenters. The summed E-state index contributed by atoms with van der Waals surface area (Å²) >= 11 is 8.35. The summed E-state index contributed by atoms with van der Waals surface area (Å²) in [6.07, 6.45) is -2.31. The van der Waals surface area contributed by atoms with Crippen molar-refractivity contribution in [3.63, 3.8) is 0 Å². The number of guanidine groups is 2. The lowest BCUT2D eigenvalue weighted by Gasteiger charge is -2.38. The van der Waals surface area contributed by atoms with E-state index in [1.54, 1.807) is 58.0 Å². The summed E-state index contributed by atoms with van der Waals surface area (Å²) in [4.78, 5) is 245. The number of carbonyl (C=O) groups excluding carboxylic acids is 16. The molecule has 2 rings (SSSR count). The maximum atomic E-state index is 14.6. The van der Waals surface area contributed by atoms with Gasteiger partial charge in [0.2, 0.25) is 94.5 Å². The lowest BCUT2D eigenvalue weighted by Crippen LogP contribution is -2.66. The minimum Gasteiger partial charge on any atom is -0.508 e. The van der Waals surface area contributed by atoms with Gasteiger partial charge in [0.05, 0.1) is 32.3 Å². The van der Waals surface area contributed by atoms with Crippen molar-refractivity contribution in [3.05, 3.63) is 65.7 Å². The number of rotatable bonds is 59. The Balaban J connectivity index is 2.31. The van der Waals surface area contributed by atoms with Gasteiger partial charge in [0, 0.05) is 50.3 Å². The molecule has 0 aromatic heterocycles. The van der Waals surface area contributed by atoms with Gasteiger partial charge in [0.1, 0.15) is 83.8 Å². The van der Waals surface area contributed by atoms with Crippen LogP contribution in [-0.2, 0) is 99.1 Å². The number of carboxylic acid groups (broad SMARTS) is 2. The SMILES string of the molecule is CC[C@H](C)[C@](C)(NC(=O)[C@H](CCCNC(=N)N)NC(=O)[C@@H](N)CC(C)C)C(=O)N[C@H](C(=O)N[C@@H](CCC(N)=O)C(=O)N[C@@H](CS)C(=O)N[C@@H](CCCNC(=N)N)C(=O)N[C@@H](CO)C(=O)N[C@H](C(=O)N[C@@H](CCC(=O)O)C(=O)NCC(=O)N[C@@H](CO)C(=O)N[C@@H](CS)C(=O)NCC(=O)N[C@@H](Cc1ccccc1)C(=O)N[C@@H](Cc1ccc(O)cc1)C(=O)O)C(C)C)C(C)C. The van der Waals surface area contributed by atoms with Crippen molar-refractivity contribution >= 4 is 144 Å². The summed E-state index contributed by atoms with van der Waals surface area (Å²) in [7, 11) is 0. The highest BCUT2D eigenvalue weighted by atomic mass is 32.1. The number of aliphatic hydroxyl groups excluding tert-OH is 2. The Morgan fingerprint density at radius 2 is 0.811 bits per heavy atom. The van der Waals surface area contributed by atoms with Crippen LogP contribution in [-0.4, -0.2) is 279 Å². The standard InChI is InChI=1S/C79H127N23O23S2/c1-10-42(8)79(9,102-72(120)48(19-15-29-87-78(84)85)92-63(111)46(80)30-39(2)3)76(125)101-62(41(6)7)74(122)95-50(24-26-57(81)106)67(115)99-56(38-127)71(119)93-47(18-14-28-86-77(82)83)66(114)97-54(36-104)70(118)100-61(40(4)5)73(121)94-49(25-27-60(109)110)64(112)88-34-59(108)91-53(35-103)69(117)98-55(37-126)65(113)89-33-58(107)90-51(31-43-16-12-11-13-17-43)68(116)96-52(75(123)124)32-44-20-22-45(105)23-21-44/h11-13,16-17,20-23,39-42,46-56,61-62,103-105,126-127H,10,14-15,18-19,24-38,80H2,1-9H3,(H2,81,106)(H,88,112)(H,89,113)(H,90,107)(H,91,108)(H,92,111)(H,93,119)(H,94,121)(H,95,122)(H,96,116)(H,97,114)(H,98,117)(H,99,115)(H,100,118)(H,101,125)(H,102,120)(H,109,110)(H,123,124)(H4,82,83,86)(H4,84,85,87)/t42-,46-,47-,48-,49-,50-,51-,52-,53-,54-,55-,56-,61-,62-,79-/m0/s1. The summed E-state index contributed by atoms with van der Waals surface area (Å²) in [5.74, 6) is -23.3. The van der Waals surface area contributed by atoms with Gasteiger partial charge in [-0.25, -0.2) is 4.79 Å². The highest BCUT2D eigenvalue weighted by Crippen LogP contribution is 2.23. The van der Waals surface area contributed by atoms with Crippen molar-refractivity contribution in [3.8, 4) is 5.75 Å². The Kier molecular flexibility index (Phi) is 49.5. The molecule has 0 bridgehead atoms. The van der Waals surface area contributed by atoms with Gasteiger partial charge < -0.3 is 139 Å². The van der Waals surface area contributed by atoms with Crippen LogP contribution in [0.3, 0.4) is 0 Å². The van der Waals surface area contributed by atoms with E-state index in [2.05, 4.69) is 116 Å². The third-order valence-electron chi connectivity index (χ3n) is 19.9. The number of carboxylic acids is 2. The summed E-state index contributed by atoms with van der Waals surface area (Å²) < 4.78 is 0. The van der Waals surface area contributed by atoms with Gasteiger partial charge in [-0.15, -0.1) is 0 Å². The van der Waals surface area contributed by atoms with Crippen LogP contribution in [0.5, 0.6) is 5.75 Å². The fourth-order valence-corrected chi connectivity index (χ4v) is 12.7. The smallest absolute Gasteiger partial charge is 0.326 e. The molecule has 0 saturated carbocycles. The van der Waals surface area contributed by atoms with Crippen molar-refractivity contribution in [2.75, 3.05) is 50.9 Å². The molecule has 0 radical (unpaired) electrons. The maximum absolute atomic E-state index is 14.6. The molecule has 32 N–H and O–H groups in total. The second-order valence-corrected chi connectivity index (χ2v) is 32.1. The molecule has 0 aliphatic carbocycles. The number of nitrogens with one attached hydrogen (secondary N) is 19. The van der Waals surface area contributed by atoms with Crippen molar-refractivity contribution in [2.45, 2.75) is 223 Å². The molecule has 0 aliphatic rings. The van der Waals surface area contributed by atoms with Gasteiger partial charge in [-0.05, 0) is 98.8 Å². The summed E-state index contributed by atoms with van der Waals surface area (Å²) in [6, 6.07) is -6.50. The third kappa shape index (κ3) is 40.8. The number of phenolic OH excluding ortho intramolecular Hbond substituents is 1. The van der Waals surface area contributed by atoms with E-state index >= 15 is 0 Å². The average molecular weight is 1830 g/mol. The zero-order chi connectivity index (χ0) is 96.1. The van der Waals surface area contributed by atoms with E-state index in [4.69, 9.17) is 33.8 Å². The zero-order valence-electron chi connectivity index (χ0n) is 72.4. The molecule has 48 heteroatoms. The number of phenols is 1. The minimum absolute atomic E-state index is 0.00604. The monoisotopic (exact) mass is 1830 g/mol. The van der Waals surface area contributed by atoms with Crippen LogP contribution in [0.25, 0.3) is 0 Å². The first-order valence-corrected chi connectivity index (χ1v) is 42.3. The third-order valence-corrected chi connectivity index (χ3v) is 20.6. The number of nitrogens with two attached hydrogens (primary N) is 4. The molecule has 0 unspecified atom stereocenters. The van der Waals surface area contributed by atoms with Gasteiger partial charge in [0.25, 0.3) is 0 Å². The Morgan fingerprint density at radius 1 is 0.433 bits per heavy atom. The summed E-state index contributed by atoms with van der Waals surface area (Å²) in [5.41, 5.74) is 21.8. The van der Waals surface area contributed by atoms with Gasteiger partial charge in [-0.2, -0.15) is 25.3 Å². The molecule has 0 spiro atoms. The number of benzene rings is 2. The largest absolute Gasteiger partial charge is 0.508 e. The molecule has 0 saturated heterocycles. The van der Waals surface area contributed by atoms with E-state index in [0.717, 1.165) is 0 Å². The molecular weight excluding hydrogens is 1700 g/mol. The molecule has 708 valence electrons. The molecule has 0 heterocycles. The zero-order valence-corrected chi connectivity index (χ0v) is 74.2. The Hall–Kier alpha value is -12.2. The van der Waals surface area contributed by atoms with E-state index < -0.39 is 278 Å². The van der Waals surface area contributed by atoms with Gasteiger partial charge in [-0.1, -0.05) is 104 Å². The van der Waals surface area contributed by atoms with Crippen molar-refractivity contribution in [1.82, 2.24) is 90.4 Å². The number of aliphatic hydroxyl groups is 2. The Labute approximate surface area is 745 Å². The molecule has 46 nitrogen and oxygen atoms in total. The number of primary amides is 1. The first kappa shape index (κ1) is 111. The van der Waals surface area contributed by atoms with E-state index in [9.17, 15) is 112 Å². The lowest BCUT2D eigenvalue weighted by atomic mass is 9.83. The number of carbonyl (C=O) groups is 18. The molecular formula is C79H127N23O23S2. The number of aromatic hydroxyl groups is 1. The Morgan fingerprint density at radius 3 is 1.28 bits per heavy atom. The van der Waals surface area contributed by atoms with Crippen LogP contribution >= 0.6 is 25.3 Å². The van der Waals surface area contributed by atoms with E-state index in [1.807, 2.05) is 13.8 Å². The second-order valence-electron chi connectivity index (χ2n) is 31.4. The van der Waals surface area contributed by atoms with Crippen molar-refractivity contribution in [2.24, 2.45) is 46.6 Å². The van der Waals surface area contributed by atoms with Crippen LogP contribution in [0.4, 0.5) is 0 Å². The van der Waals surface area contributed by atoms with Crippen LogP contribution < -0.4 is 113 Å². The van der Waals surface area contributed by atoms with Crippen molar-refractivity contribution in [1.29, 1.82) is 10.8 Å². The minimum atomic E-state index is -1.94. The summed E-state index contributed by atoms with van der Waals surface area (Å²) in [6.45, 7) is 10.4. The molecule has 16 amide bonds. The topological polar surface area (TPSA) is 765 Å². The predicted octanol–water partition coefficient (Wildman–Crippen LogP) is -7.58. The number of aliphatic carboxylic acids is 2. The molecule has 127 heavy (non-hydrogen) atoms. The first-order chi connectivity index (χ1) is 59.6. The predicted molar refractivity (Wildman–Crippen MR) is 467 cm³/mol. The maximum Gasteiger partial charge on any atom is 0.326 e. The highest BCUT2D eigenvalue weighted by Gasteiger charge is 2.44. The van der Waals surface area contributed by atoms with Crippen molar-refractivity contribution < 1.29 is 112 Å². The highest BCUT2D eigenvalue weighted by molar-refractivity contribution is 7.80. The van der Waals surface area contributed by atoms with Gasteiger partial charge in [-0.3, -0.25) is 92.3 Å². The molecule has 2 aromatic carbocycles. The van der Waals surface area contributed by atoms with Crippen LogP contribution in [0.15, 0.2) is 54.6 Å². The van der Waals surface area contributed by atoms with E-state index in [0.29, 0.717) is 17.5 Å². The molecule has 0 fully saturated rings. The fourth-order valence-electron chi connectivity index (χ4n) is 12.2. The molecule has 2 aromatic rings. The fraction of sp³-hybridized carbons (Fsp3) is 0.595. The number of amides is 16. The second kappa shape index (κ2) is 56.7. The van der Waals surface area contributed by atoms with E-state index in [1.165, 1.54) is 45.0 Å². The lowest BCUT2D eigenvalue weighted by molar-refractivity contribution is -0.142. The van der Waals surface area contributed by atoms with Crippen LogP contribution in [0.1, 0.15) is 138 Å². The quantitative estimate of drug-likeness (QED) is 0.0127. The van der Waals surface area contributed by atoms with Crippen LogP contribution in [0.2, 0.25) is 0 Å². The average Bonchev–Trinajstić information content (AvgIpc) is 0.807. The van der Waals surface area contributed by atoms with Gasteiger partial charge >= 0.3 is 11.9 Å². The van der Waals surface area contributed by atoms with Crippen LogP contribution in [0, 0.1) is 34.5 Å². The summed E-state index contributed by atoms with van der Waals surface area (Å²) in [5, 5.41) is 106. The Bertz CT molecular complexity index is 4100. The normalized spacial score (nSPS) is 14.9. The number of hydrogen-bond donors (Lipinski definition) is 30. The number of hydrogen-bond acceptors (Lipinski definition) is 26. The van der Waals surface area contributed by atoms with E-state index in [-0.39, 0.29) is 75.7 Å². The first-order valence-electron chi connectivity index (χ1n) is 41.1. The molecule has 0 aliphatic heterocycles. The number of thiol groups is 2.